The van der Waals surface area contributed by atoms with Gasteiger partial charge in [0, 0.05) is 5.56 Å². The van der Waals surface area contributed by atoms with Gasteiger partial charge in [-0.25, -0.2) is 0 Å². The fourth-order valence-electron chi connectivity index (χ4n) is 1.90. The van der Waals surface area contributed by atoms with E-state index >= 15 is 0 Å². The van der Waals surface area contributed by atoms with Crippen LogP contribution < -0.4 is 10.1 Å². The second-order valence-electron chi connectivity index (χ2n) is 4.52. The number of methoxy groups -OCH3 is 1. The Morgan fingerprint density at radius 2 is 2.30 bits per heavy atom. The molecule has 0 saturated carbocycles. The normalized spacial score (nSPS) is 10.5. The number of nitrogens with zero attached hydrogens (tertiary/aromatic N) is 2. The molecule has 3 aromatic rings. The average molecular weight is 394 g/mol. The molecule has 1 N–H and O–H groups in total. The van der Waals surface area contributed by atoms with Crippen LogP contribution in [-0.2, 0) is 6.54 Å². The number of rotatable bonds is 5. The maximum Gasteiger partial charge on any atom is 0.251 e. The molecule has 1 amide bonds. The summed E-state index contributed by atoms with van der Waals surface area (Å²) < 4.78 is 11.0. The van der Waals surface area contributed by atoms with Gasteiger partial charge >= 0.3 is 0 Å². The minimum atomic E-state index is -0.232. The summed E-state index contributed by atoms with van der Waals surface area (Å²) in [4.78, 5) is 17.3. The summed E-state index contributed by atoms with van der Waals surface area (Å²) in [5, 5.41) is 8.58. The summed E-state index contributed by atoms with van der Waals surface area (Å²) in [6.45, 7) is 0.168. The lowest BCUT2D eigenvalue weighted by Gasteiger charge is -2.06. The zero-order chi connectivity index (χ0) is 16.2. The Kier molecular flexibility index (Phi) is 4.73. The molecule has 3 rings (SSSR count). The van der Waals surface area contributed by atoms with Crippen LogP contribution in [0.3, 0.4) is 0 Å². The molecule has 0 unspecified atom stereocenters. The van der Waals surface area contributed by atoms with E-state index in [0.717, 1.165) is 4.88 Å². The zero-order valence-electron chi connectivity index (χ0n) is 12.1. The maximum atomic E-state index is 12.1. The van der Waals surface area contributed by atoms with Crippen LogP contribution >= 0.6 is 27.3 Å². The first kappa shape index (κ1) is 15.7. The van der Waals surface area contributed by atoms with E-state index in [9.17, 15) is 4.79 Å². The number of hydrogen-bond donors (Lipinski definition) is 1. The summed E-state index contributed by atoms with van der Waals surface area (Å²) in [6.07, 6.45) is 0. The Hall–Kier alpha value is -2.19. The number of benzene rings is 1. The van der Waals surface area contributed by atoms with Crippen LogP contribution in [0.2, 0.25) is 0 Å². The third kappa shape index (κ3) is 3.59. The van der Waals surface area contributed by atoms with Crippen molar-refractivity contribution in [1.82, 2.24) is 15.5 Å². The van der Waals surface area contributed by atoms with Gasteiger partial charge in [-0.05, 0) is 45.6 Å². The van der Waals surface area contributed by atoms with Gasteiger partial charge in [-0.3, -0.25) is 4.79 Å². The molecule has 0 aliphatic rings. The van der Waals surface area contributed by atoms with Crippen molar-refractivity contribution in [2.24, 2.45) is 0 Å². The van der Waals surface area contributed by atoms with Gasteiger partial charge in [-0.1, -0.05) is 11.2 Å². The first-order valence-electron chi connectivity index (χ1n) is 6.65. The molecule has 0 aliphatic heterocycles. The van der Waals surface area contributed by atoms with Crippen LogP contribution in [0.4, 0.5) is 0 Å². The Balaban J connectivity index is 1.64. The van der Waals surface area contributed by atoms with Crippen LogP contribution in [0.25, 0.3) is 10.7 Å². The van der Waals surface area contributed by atoms with Gasteiger partial charge in [0.05, 0.1) is 23.0 Å². The van der Waals surface area contributed by atoms with Crippen LogP contribution in [-0.4, -0.2) is 23.2 Å². The predicted molar refractivity (Wildman–Crippen MR) is 89.5 cm³/mol. The van der Waals surface area contributed by atoms with Crippen molar-refractivity contribution >= 4 is 33.2 Å². The van der Waals surface area contributed by atoms with E-state index in [0.29, 0.717) is 27.5 Å². The Morgan fingerprint density at radius 3 is 3.00 bits per heavy atom. The molecule has 0 saturated heterocycles. The number of carbonyl (C=O) groups is 1. The van der Waals surface area contributed by atoms with E-state index in [4.69, 9.17) is 9.26 Å². The minimum Gasteiger partial charge on any atom is -0.496 e. The fourth-order valence-corrected chi connectivity index (χ4v) is 3.09. The largest absolute Gasteiger partial charge is 0.496 e. The van der Waals surface area contributed by atoms with Gasteiger partial charge in [0.2, 0.25) is 11.7 Å². The van der Waals surface area contributed by atoms with Crippen LogP contribution in [0.5, 0.6) is 5.75 Å². The third-order valence-corrected chi connectivity index (χ3v) is 4.51. The molecule has 0 atom stereocenters. The van der Waals surface area contributed by atoms with E-state index in [1.54, 1.807) is 25.3 Å². The number of carbonyl (C=O) groups excluding carboxylic acids is 1. The molecular formula is C15H12BrN3O3S. The molecule has 0 fully saturated rings. The Bertz CT molecular complexity index is 817. The molecule has 118 valence electrons. The van der Waals surface area contributed by atoms with Crippen molar-refractivity contribution in [3.8, 4) is 16.5 Å². The number of ether oxygens (including phenoxy) is 1. The number of halogens is 1. The lowest BCUT2D eigenvalue weighted by Crippen LogP contribution is -2.22. The lowest BCUT2D eigenvalue weighted by molar-refractivity contribution is 0.0946. The molecule has 2 aromatic heterocycles. The molecular weight excluding hydrogens is 382 g/mol. The van der Waals surface area contributed by atoms with Gasteiger partial charge < -0.3 is 14.6 Å². The number of thiophene rings is 1. The first-order valence-corrected chi connectivity index (χ1v) is 8.33. The smallest absolute Gasteiger partial charge is 0.251 e. The van der Waals surface area contributed by atoms with Crippen molar-refractivity contribution in [2.75, 3.05) is 7.11 Å². The van der Waals surface area contributed by atoms with E-state index in [1.165, 1.54) is 11.3 Å². The van der Waals surface area contributed by atoms with Crippen LogP contribution in [0, 0.1) is 0 Å². The van der Waals surface area contributed by atoms with Crippen LogP contribution in [0.15, 0.2) is 44.7 Å². The van der Waals surface area contributed by atoms with Crippen molar-refractivity contribution in [1.29, 1.82) is 0 Å². The lowest BCUT2D eigenvalue weighted by atomic mass is 10.2. The van der Waals surface area contributed by atoms with Crippen molar-refractivity contribution in [3.63, 3.8) is 0 Å². The minimum absolute atomic E-state index is 0.168. The second kappa shape index (κ2) is 6.93. The highest BCUT2D eigenvalue weighted by Crippen LogP contribution is 2.25. The van der Waals surface area contributed by atoms with Crippen molar-refractivity contribution in [2.45, 2.75) is 6.54 Å². The quantitative estimate of drug-likeness (QED) is 0.717. The molecule has 6 nitrogen and oxygen atoms in total. The van der Waals surface area contributed by atoms with Gasteiger partial charge in [0.15, 0.2) is 0 Å². The standard InChI is InChI=1S/C15H12BrN3O3S/c1-21-11-5-4-9(7-10(11)16)15(20)17-8-13-18-14(19-22-13)12-3-2-6-23-12/h2-7H,8H2,1H3,(H,17,20). The summed E-state index contributed by atoms with van der Waals surface area (Å²) in [7, 11) is 1.57. The highest BCUT2D eigenvalue weighted by molar-refractivity contribution is 9.10. The third-order valence-electron chi connectivity index (χ3n) is 3.02. The van der Waals surface area contributed by atoms with Gasteiger partial charge in [0.25, 0.3) is 5.91 Å². The number of aromatic nitrogens is 2. The molecule has 1 aromatic carbocycles. The monoisotopic (exact) mass is 393 g/mol. The van der Waals surface area contributed by atoms with Crippen molar-refractivity contribution in [3.05, 3.63) is 51.6 Å². The highest BCUT2D eigenvalue weighted by atomic mass is 79.9. The molecule has 0 spiro atoms. The van der Waals surface area contributed by atoms with Gasteiger partial charge in [-0.15, -0.1) is 11.3 Å². The molecule has 0 bridgehead atoms. The molecule has 2 heterocycles. The highest BCUT2D eigenvalue weighted by Gasteiger charge is 2.12. The molecule has 23 heavy (non-hydrogen) atoms. The van der Waals surface area contributed by atoms with Crippen LogP contribution in [0.1, 0.15) is 16.2 Å². The zero-order valence-corrected chi connectivity index (χ0v) is 14.5. The Labute approximate surface area is 144 Å². The topological polar surface area (TPSA) is 77.2 Å². The van der Waals surface area contributed by atoms with Gasteiger partial charge in [-0.2, -0.15) is 4.98 Å². The van der Waals surface area contributed by atoms with Crippen molar-refractivity contribution < 1.29 is 14.1 Å². The number of amides is 1. The summed E-state index contributed by atoms with van der Waals surface area (Å²) in [5.74, 6) is 1.31. The SMILES string of the molecule is COc1ccc(C(=O)NCc2nc(-c3cccs3)no2)cc1Br. The molecule has 0 radical (unpaired) electrons. The van der Waals surface area contributed by atoms with E-state index in [-0.39, 0.29) is 12.5 Å². The maximum absolute atomic E-state index is 12.1. The predicted octanol–water partition coefficient (Wildman–Crippen LogP) is 3.50. The Morgan fingerprint density at radius 1 is 1.43 bits per heavy atom. The second-order valence-corrected chi connectivity index (χ2v) is 6.32. The number of hydrogen-bond acceptors (Lipinski definition) is 6. The van der Waals surface area contributed by atoms with E-state index in [2.05, 4.69) is 31.4 Å². The van der Waals surface area contributed by atoms with E-state index in [1.807, 2.05) is 17.5 Å². The number of nitrogens with one attached hydrogen (secondary N) is 1. The molecule has 8 heteroatoms. The fraction of sp³-hybridized carbons (Fsp3) is 0.133. The van der Waals surface area contributed by atoms with E-state index < -0.39 is 0 Å². The van der Waals surface area contributed by atoms with Gasteiger partial charge in [0.1, 0.15) is 5.75 Å². The summed E-state index contributed by atoms with van der Waals surface area (Å²) >= 11 is 4.88. The molecule has 0 aliphatic carbocycles. The first-order chi connectivity index (χ1) is 11.2. The summed E-state index contributed by atoms with van der Waals surface area (Å²) in [5.41, 5.74) is 0.510. The average Bonchev–Trinajstić information content (AvgIpc) is 3.23. The summed E-state index contributed by atoms with van der Waals surface area (Å²) in [6, 6.07) is 8.93.